The second-order valence-electron chi connectivity index (χ2n) is 5.51. The molecule has 0 aliphatic rings. The summed E-state index contributed by atoms with van der Waals surface area (Å²) in [6.45, 7) is 1.39. The van der Waals surface area contributed by atoms with Gasteiger partial charge in [0.15, 0.2) is 6.61 Å². The summed E-state index contributed by atoms with van der Waals surface area (Å²) in [6.07, 6.45) is 0. The van der Waals surface area contributed by atoms with Crippen LogP contribution in [0, 0.1) is 10.1 Å². The summed E-state index contributed by atoms with van der Waals surface area (Å²) in [4.78, 5) is 34.5. The lowest BCUT2D eigenvalue weighted by molar-refractivity contribution is -0.384. The van der Waals surface area contributed by atoms with Crippen LogP contribution < -0.4 is 5.32 Å². The highest BCUT2D eigenvalue weighted by molar-refractivity contribution is 8.00. The van der Waals surface area contributed by atoms with Gasteiger partial charge in [0, 0.05) is 22.1 Å². The maximum Gasteiger partial charge on any atom is 0.316 e. The molecule has 2 rings (SSSR count). The number of nitro groups is 1. The quantitative estimate of drug-likeness (QED) is 0.309. The summed E-state index contributed by atoms with van der Waals surface area (Å²) in [5.74, 6) is -1.000. The standard InChI is InChI=1S/C18H17ClN2O5S/c1-12(15-4-2-3-5-16(15)19)20-17(22)10-26-18(23)11-27-14-8-6-13(7-9-14)21(24)25/h2-9,12H,10-11H2,1H3,(H,20,22)/t12-/m1/s1. The van der Waals surface area contributed by atoms with E-state index in [1.165, 1.54) is 23.9 Å². The van der Waals surface area contributed by atoms with Crippen LogP contribution in [0.25, 0.3) is 0 Å². The Morgan fingerprint density at radius 1 is 1.22 bits per heavy atom. The van der Waals surface area contributed by atoms with Gasteiger partial charge in [0.1, 0.15) is 0 Å². The van der Waals surface area contributed by atoms with Gasteiger partial charge in [-0.15, -0.1) is 11.8 Å². The molecule has 0 saturated heterocycles. The highest BCUT2D eigenvalue weighted by atomic mass is 35.5. The van der Waals surface area contributed by atoms with E-state index in [-0.39, 0.29) is 17.5 Å². The first-order chi connectivity index (χ1) is 12.9. The topological polar surface area (TPSA) is 98.5 Å². The second-order valence-corrected chi connectivity index (χ2v) is 6.97. The van der Waals surface area contributed by atoms with Crippen molar-refractivity contribution < 1.29 is 19.2 Å². The van der Waals surface area contributed by atoms with Crippen molar-refractivity contribution in [2.75, 3.05) is 12.4 Å². The van der Waals surface area contributed by atoms with E-state index in [0.29, 0.717) is 9.92 Å². The van der Waals surface area contributed by atoms with Crippen LogP contribution >= 0.6 is 23.4 Å². The van der Waals surface area contributed by atoms with Crippen LogP contribution in [0.2, 0.25) is 5.02 Å². The fourth-order valence-electron chi connectivity index (χ4n) is 2.18. The minimum Gasteiger partial charge on any atom is -0.455 e. The van der Waals surface area contributed by atoms with Crippen molar-refractivity contribution in [3.8, 4) is 0 Å². The van der Waals surface area contributed by atoms with Gasteiger partial charge in [0.25, 0.3) is 11.6 Å². The fourth-order valence-corrected chi connectivity index (χ4v) is 3.18. The van der Waals surface area contributed by atoms with Crippen LogP contribution in [0.3, 0.4) is 0 Å². The average molecular weight is 409 g/mol. The van der Waals surface area contributed by atoms with Crippen molar-refractivity contribution in [3.05, 3.63) is 69.2 Å². The Hall–Kier alpha value is -2.58. The maximum absolute atomic E-state index is 11.9. The molecule has 0 saturated carbocycles. The summed E-state index contributed by atoms with van der Waals surface area (Å²) in [7, 11) is 0. The Morgan fingerprint density at radius 2 is 1.89 bits per heavy atom. The highest BCUT2D eigenvalue weighted by Crippen LogP contribution is 2.22. The fraction of sp³-hybridized carbons (Fsp3) is 0.222. The predicted molar refractivity (Wildman–Crippen MR) is 103 cm³/mol. The van der Waals surface area contributed by atoms with Crippen molar-refractivity contribution in [1.82, 2.24) is 5.32 Å². The number of carbonyl (C=O) groups excluding carboxylic acids is 2. The number of nitrogens with zero attached hydrogens (tertiary/aromatic N) is 1. The number of ether oxygens (including phenoxy) is 1. The van der Waals surface area contributed by atoms with Crippen molar-refractivity contribution in [1.29, 1.82) is 0 Å². The Kier molecular flexibility index (Phi) is 7.63. The van der Waals surface area contributed by atoms with Gasteiger partial charge in [0.2, 0.25) is 0 Å². The summed E-state index contributed by atoms with van der Waals surface area (Å²) >= 11 is 7.25. The number of rotatable bonds is 8. The van der Waals surface area contributed by atoms with Gasteiger partial charge in [-0.1, -0.05) is 29.8 Å². The predicted octanol–water partition coefficient (Wildman–Crippen LogP) is 3.76. The zero-order valence-corrected chi connectivity index (χ0v) is 16.0. The first-order valence-corrected chi connectivity index (χ1v) is 9.30. The number of nitro benzene ring substituents is 1. The van der Waals surface area contributed by atoms with Crippen molar-refractivity contribution in [3.63, 3.8) is 0 Å². The zero-order valence-electron chi connectivity index (χ0n) is 14.4. The lowest BCUT2D eigenvalue weighted by atomic mass is 10.1. The van der Waals surface area contributed by atoms with Crippen molar-refractivity contribution >= 4 is 40.9 Å². The molecule has 0 aromatic heterocycles. The molecule has 0 radical (unpaired) electrons. The summed E-state index contributed by atoms with van der Waals surface area (Å²) < 4.78 is 4.94. The third kappa shape index (κ3) is 6.58. The Bertz CT molecular complexity index is 829. The van der Waals surface area contributed by atoms with Crippen LogP contribution in [0.5, 0.6) is 0 Å². The lowest BCUT2D eigenvalue weighted by Gasteiger charge is -2.15. The molecule has 7 nitrogen and oxygen atoms in total. The number of nitrogens with one attached hydrogen (secondary N) is 1. The van der Waals surface area contributed by atoms with Gasteiger partial charge in [-0.3, -0.25) is 19.7 Å². The molecular formula is C18H17ClN2O5S. The third-order valence-corrected chi connectivity index (χ3v) is 4.85. The smallest absolute Gasteiger partial charge is 0.316 e. The monoisotopic (exact) mass is 408 g/mol. The molecule has 142 valence electrons. The molecule has 9 heteroatoms. The van der Waals surface area contributed by atoms with E-state index < -0.39 is 23.4 Å². The van der Waals surface area contributed by atoms with Gasteiger partial charge >= 0.3 is 5.97 Å². The summed E-state index contributed by atoms with van der Waals surface area (Å²) in [5, 5.41) is 13.8. The number of thioether (sulfide) groups is 1. The van der Waals surface area contributed by atoms with E-state index >= 15 is 0 Å². The average Bonchev–Trinajstić information content (AvgIpc) is 2.65. The van der Waals surface area contributed by atoms with E-state index in [0.717, 1.165) is 5.56 Å². The first kappa shape index (κ1) is 20.7. The van der Waals surface area contributed by atoms with Gasteiger partial charge in [-0.25, -0.2) is 0 Å². The normalized spacial score (nSPS) is 11.5. The van der Waals surface area contributed by atoms with Crippen LogP contribution in [-0.4, -0.2) is 29.2 Å². The van der Waals surface area contributed by atoms with E-state index in [4.69, 9.17) is 16.3 Å². The minimum absolute atomic E-state index is 0.00877. The molecule has 2 aromatic rings. The van der Waals surface area contributed by atoms with E-state index in [2.05, 4.69) is 5.32 Å². The number of benzene rings is 2. The largest absolute Gasteiger partial charge is 0.455 e. The van der Waals surface area contributed by atoms with Crippen molar-refractivity contribution in [2.45, 2.75) is 17.9 Å². The van der Waals surface area contributed by atoms with E-state index in [9.17, 15) is 19.7 Å². The number of esters is 1. The summed E-state index contributed by atoms with van der Waals surface area (Å²) in [6, 6.07) is 12.6. The zero-order chi connectivity index (χ0) is 19.8. The van der Waals surface area contributed by atoms with Crippen molar-refractivity contribution in [2.24, 2.45) is 0 Å². The van der Waals surface area contributed by atoms with Gasteiger partial charge < -0.3 is 10.1 Å². The third-order valence-electron chi connectivity index (χ3n) is 3.52. The molecular weight excluding hydrogens is 392 g/mol. The van der Waals surface area contributed by atoms with Crippen LogP contribution in [0.15, 0.2) is 53.4 Å². The lowest BCUT2D eigenvalue weighted by Crippen LogP contribution is -2.31. The SMILES string of the molecule is C[C@@H](NC(=O)COC(=O)CSc1ccc([N+](=O)[O-])cc1)c1ccccc1Cl. The summed E-state index contributed by atoms with van der Waals surface area (Å²) in [5.41, 5.74) is 0.749. The number of hydrogen-bond acceptors (Lipinski definition) is 6. The van der Waals surface area contributed by atoms with Crippen LogP contribution in [-0.2, 0) is 14.3 Å². The van der Waals surface area contributed by atoms with Crippen LogP contribution in [0.1, 0.15) is 18.5 Å². The van der Waals surface area contributed by atoms with E-state index in [1.807, 2.05) is 6.07 Å². The molecule has 0 aliphatic heterocycles. The molecule has 0 spiro atoms. The van der Waals surface area contributed by atoms with Gasteiger partial charge in [0.05, 0.1) is 16.7 Å². The molecule has 0 bridgehead atoms. The van der Waals surface area contributed by atoms with Gasteiger partial charge in [-0.05, 0) is 30.7 Å². The Morgan fingerprint density at radius 3 is 2.52 bits per heavy atom. The molecule has 1 N–H and O–H groups in total. The number of carbonyl (C=O) groups is 2. The maximum atomic E-state index is 11.9. The molecule has 0 unspecified atom stereocenters. The Labute approximate surface area is 165 Å². The molecule has 1 amide bonds. The van der Waals surface area contributed by atoms with Gasteiger partial charge in [-0.2, -0.15) is 0 Å². The molecule has 1 atom stereocenters. The molecule has 0 heterocycles. The number of hydrogen-bond donors (Lipinski definition) is 1. The first-order valence-electron chi connectivity index (χ1n) is 7.93. The second kappa shape index (κ2) is 9.94. The van der Waals surface area contributed by atoms with Crippen LogP contribution in [0.4, 0.5) is 5.69 Å². The minimum atomic E-state index is -0.557. The molecule has 0 fully saturated rings. The molecule has 0 aliphatic carbocycles. The number of non-ortho nitro benzene ring substituents is 1. The molecule has 27 heavy (non-hydrogen) atoms. The highest BCUT2D eigenvalue weighted by Gasteiger charge is 2.14. The number of amides is 1. The molecule has 2 aromatic carbocycles. The number of halogens is 1. The Balaban J connectivity index is 1.74. The van der Waals surface area contributed by atoms with E-state index in [1.54, 1.807) is 37.3 Å².